The molecule has 1 fully saturated rings. The summed E-state index contributed by atoms with van der Waals surface area (Å²) >= 11 is 3.89. The Labute approximate surface area is 100 Å². The molecule has 0 radical (unpaired) electrons. The fourth-order valence-corrected chi connectivity index (χ4v) is 3.37. The van der Waals surface area contributed by atoms with Gasteiger partial charge in [0, 0.05) is 17.2 Å². The maximum absolute atomic E-state index is 4.07. The van der Waals surface area contributed by atoms with Gasteiger partial charge in [0.25, 0.3) is 0 Å². The highest BCUT2D eigenvalue weighted by Crippen LogP contribution is 2.38. The third kappa shape index (κ3) is 2.60. The molecule has 0 N–H and O–H groups in total. The molecule has 2 atom stereocenters. The molecule has 1 saturated carbocycles. The second-order valence-electron chi connectivity index (χ2n) is 4.56. The van der Waals surface area contributed by atoms with Crippen molar-refractivity contribution in [1.29, 1.82) is 0 Å². The Bertz CT molecular complexity index is 293. The van der Waals surface area contributed by atoms with Gasteiger partial charge in [-0.15, -0.1) is 0 Å². The molecular weight excluding hydrogens is 250 g/mol. The molecule has 1 aliphatic rings. The number of nitrogens with zero attached hydrogens (tertiary/aromatic N) is 1. The highest BCUT2D eigenvalue weighted by atomic mass is 79.9. The van der Waals surface area contributed by atoms with Crippen LogP contribution in [0, 0.1) is 5.92 Å². The first-order chi connectivity index (χ1) is 7.29. The average molecular weight is 268 g/mol. The number of halogens is 1. The van der Waals surface area contributed by atoms with Crippen molar-refractivity contribution in [3.05, 3.63) is 30.1 Å². The molecule has 2 unspecified atom stereocenters. The quantitative estimate of drug-likeness (QED) is 0.751. The normalized spacial score (nSPS) is 21.5. The van der Waals surface area contributed by atoms with E-state index >= 15 is 0 Å². The second-order valence-corrected chi connectivity index (χ2v) is 5.62. The van der Waals surface area contributed by atoms with Crippen LogP contribution in [0.15, 0.2) is 24.5 Å². The molecule has 0 aromatic carbocycles. The van der Waals surface area contributed by atoms with E-state index < -0.39 is 0 Å². The van der Waals surface area contributed by atoms with E-state index in [0.29, 0.717) is 10.7 Å². The van der Waals surface area contributed by atoms with Crippen LogP contribution < -0.4 is 0 Å². The van der Waals surface area contributed by atoms with Crippen LogP contribution >= 0.6 is 15.9 Å². The summed E-state index contributed by atoms with van der Waals surface area (Å²) in [5, 5.41) is 0. The molecule has 0 bridgehead atoms. The summed E-state index contributed by atoms with van der Waals surface area (Å²) in [6.45, 7) is 2.31. The summed E-state index contributed by atoms with van der Waals surface area (Å²) in [5.74, 6) is 1.46. The molecule has 1 aromatic heterocycles. The Balaban J connectivity index is 2.03. The molecule has 1 nitrogen and oxygen atoms in total. The predicted octanol–water partition coefficient (Wildman–Crippen LogP) is 4.14. The van der Waals surface area contributed by atoms with E-state index in [4.69, 9.17) is 0 Å². The minimum Gasteiger partial charge on any atom is -0.265 e. The lowest BCUT2D eigenvalue weighted by Gasteiger charge is -2.24. The predicted molar refractivity (Wildman–Crippen MR) is 67.3 cm³/mol. The van der Waals surface area contributed by atoms with Crippen LogP contribution in [0.1, 0.15) is 44.1 Å². The Morgan fingerprint density at radius 1 is 1.27 bits per heavy atom. The third-order valence-electron chi connectivity index (χ3n) is 3.56. The van der Waals surface area contributed by atoms with Gasteiger partial charge in [0.05, 0.1) is 0 Å². The van der Waals surface area contributed by atoms with E-state index in [2.05, 4.69) is 40.0 Å². The molecule has 2 heteroatoms. The summed E-state index contributed by atoms with van der Waals surface area (Å²) in [7, 11) is 0. The lowest BCUT2D eigenvalue weighted by molar-refractivity contribution is 0.483. The van der Waals surface area contributed by atoms with Gasteiger partial charge in [0.1, 0.15) is 0 Å². The number of aromatic nitrogens is 1. The fraction of sp³-hybridized carbons (Fsp3) is 0.615. The van der Waals surface area contributed by atoms with Crippen LogP contribution in [-0.4, -0.2) is 9.81 Å². The van der Waals surface area contributed by atoms with Crippen LogP contribution in [0.3, 0.4) is 0 Å². The topological polar surface area (TPSA) is 12.9 Å². The van der Waals surface area contributed by atoms with Crippen LogP contribution in [0.4, 0.5) is 0 Å². The summed E-state index contributed by atoms with van der Waals surface area (Å²) in [6, 6.07) is 4.27. The van der Waals surface area contributed by atoms with Gasteiger partial charge in [0.15, 0.2) is 0 Å². The standard InChI is InChI=1S/C13H18BrN/c1-10(11-6-8-15-9-7-11)13(14)12-4-2-3-5-12/h6-10,12-13H,2-5H2,1H3. The third-order valence-corrected chi connectivity index (χ3v) is 5.10. The first-order valence-corrected chi connectivity index (χ1v) is 6.74. The first-order valence-electron chi connectivity index (χ1n) is 5.83. The number of rotatable bonds is 3. The molecule has 0 aliphatic heterocycles. The van der Waals surface area contributed by atoms with Gasteiger partial charge < -0.3 is 0 Å². The van der Waals surface area contributed by atoms with Gasteiger partial charge >= 0.3 is 0 Å². The summed E-state index contributed by atoms with van der Waals surface area (Å²) in [6.07, 6.45) is 9.39. The molecule has 0 spiro atoms. The van der Waals surface area contributed by atoms with Crippen molar-refractivity contribution in [3.63, 3.8) is 0 Å². The fourth-order valence-electron chi connectivity index (χ4n) is 2.53. The van der Waals surface area contributed by atoms with E-state index in [1.165, 1.54) is 31.2 Å². The van der Waals surface area contributed by atoms with Crippen LogP contribution in [0.5, 0.6) is 0 Å². The SMILES string of the molecule is CC(c1ccncc1)C(Br)C1CCCC1. The maximum Gasteiger partial charge on any atom is 0.0270 e. The first kappa shape index (κ1) is 11.1. The van der Waals surface area contributed by atoms with Crippen molar-refractivity contribution in [3.8, 4) is 0 Å². The lowest BCUT2D eigenvalue weighted by atomic mass is 9.90. The Kier molecular flexibility index (Phi) is 3.79. The molecule has 0 amide bonds. The highest BCUT2D eigenvalue weighted by molar-refractivity contribution is 9.09. The number of hydrogen-bond donors (Lipinski definition) is 0. The van der Waals surface area contributed by atoms with Crippen LogP contribution in [0.2, 0.25) is 0 Å². The maximum atomic E-state index is 4.07. The molecule has 1 aliphatic carbocycles. The minimum atomic E-state index is 0.594. The Morgan fingerprint density at radius 2 is 1.87 bits per heavy atom. The van der Waals surface area contributed by atoms with Crippen molar-refractivity contribution in [2.24, 2.45) is 5.92 Å². The van der Waals surface area contributed by atoms with E-state index in [0.717, 1.165) is 5.92 Å². The van der Waals surface area contributed by atoms with Gasteiger partial charge in [-0.05, 0) is 42.4 Å². The molecule has 1 heterocycles. The molecule has 2 rings (SSSR count). The Hall–Kier alpha value is -0.370. The van der Waals surface area contributed by atoms with Gasteiger partial charge in [-0.3, -0.25) is 4.98 Å². The van der Waals surface area contributed by atoms with Crippen molar-refractivity contribution in [1.82, 2.24) is 4.98 Å². The van der Waals surface area contributed by atoms with E-state index in [1.807, 2.05) is 12.4 Å². The van der Waals surface area contributed by atoms with Gasteiger partial charge in [-0.1, -0.05) is 35.7 Å². The Morgan fingerprint density at radius 3 is 2.47 bits per heavy atom. The minimum absolute atomic E-state index is 0.594. The van der Waals surface area contributed by atoms with Gasteiger partial charge in [0.2, 0.25) is 0 Å². The zero-order chi connectivity index (χ0) is 10.7. The molecule has 0 saturated heterocycles. The second kappa shape index (κ2) is 5.11. The summed E-state index contributed by atoms with van der Waals surface area (Å²) in [5.41, 5.74) is 1.40. The number of hydrogen-bond acceptors (Lipinski definition) is 1. The lowest BCUT2D eigenvalue weighted by Crippen LogP contribution is -2.18. The van der Waals surface area contributed by atoms with E-state index in [9.17, 15) is 0 Å². The van der Waals surface area contributed by atoms with E-state index in [1.54, 1.807) is 0 Å². The van der Waals surface area contributed by atoms with Crippen LogP contribution in [-0.2, 0) is 0 Å². The van der Waals surface area contributed by atoms with Crippen molar-refractivity contribution >= 4 is 15.9 Å². The molecular formula is C13H18BrN. The summed E-state index contributed by atoms with van der Waals surface area (Å²) in [4.78, 5) is 4.70. The molecule has 1 aromatic rings. The zero-order valence-electron chi connectivity index (χ0n) is 9.20. The van der Waals surface area contributed by atoms with Crippen molar-refractivity contribution < 1.29 is 0 Å². The molecule has 15 heavy (non-hydrogen) atoms. The van der Waals surface area contributed by atoms with Gasteiger partial charge in [-0.25, -0.2) is 0 Å². The highest BCUT2D eigenvalue weighted by Gasteiger charge is 2.27. The summed E-state index contributed by atoms with van der Waals surface area (Å²) < 4.78 is 0. The van der Waals surface area contributed by atoms with Crippen molar-refractivity contribution in [2.75, 3.05) is 0 Å². The number of pyridine rings is 1. The average Bonchev–Trinajstić information content (AvgIpc) is 2.82. The van der Waals surface area contributed by atoms with Crippen molar-refractivity contribution in [2.45, 2.75) is 43.4 Å². The molecule has 82 valence electrons. The van der Waals surface area contributed by atoms with E-state index in [-0.39, 0.29) is 0 Å². The smallest absolute Gasteiger partial charge is 0.0270 e. The zero-order valence-corrected chi connectivity index (χ0v) is 10.8. The largest absolute Gasteiger partial charge is 0.265 e. The number of alkyl halides is 1. The van der Waals surface area contributed by atoms with Gasteiger partial charge in [-0.2, -0.15) is 0 Å². The van der Waals surface area contributed by atoms with Crippen LogP contribution in [0.25, 0.3) is 0 Å². The monoisotopic (exact) mass is 267 g/mol.